The quantitative estimate of drug-likeness (QED) is 0.654. The monoisotopic (exact) mass is 381 g/mol. The van der Waals surface area contributed by atoms with Gasteiger partial charge in [-0.1, -0.05) is 55.1 Å². The van der Waals surface area contributed by atoms with Gasteiger partial charge in [0.2, 0.25) is 5.91 Å². The number of ether oxygens (including phenoxy) is 1. The average Bonchev–Trinajstić information content (AvgIpc) is 2.68. The van der Waals surface area contributed by atoms with Crippen LogP contribution in [-0.2, 0) is 11.3 Å². The van der Waals surface area contributed by atoms with E-state index in [1.807, 2.05) is 66.5 Å². The minimum Gasteiger partial charge on any atom is -0.490 e. The zero-order chi connectivity index (χ0) is 20.4. The van der Waals surface area contributed by atoms with Crippen LogP contribution in [0.1, 0.15) is 24.1 Å². The highest BCUT2D eigenvalue weighted by molar-refractivity contribution is 5.97. The predicted molar refractivity (Wildman–Crippen MR) is 110 cm³/mol. The van der Waals surface area contributed by atoms with Crippen LogP contribution < -0.4 is 15.4 Å². The lowest BCUT2D eigenvalue weighted by atomic mass is 10.0. The molecule has 0 unspecified atom stereocenters. The summed E-state index contributed by atoms with van der Waals surface area (Å²) in [7, 11) is 1.86. The van der Waals surface area contributed by atoms with Crippen LogP contribution in [-0.4, -0.2) is 37.0 Å². The molecule has 0 heterocycles. The highest BCUT2D eigenvalue weighted by atomic mass is 16.5. The van der Waals surface area contributed by atoms with Crippen molar-refractivity contribution in [3.8, 4) is 5.75 Å². The number of urea groups is 1. The second-order valence-corrected chi connectivity index (χ2v) is 6.32. The van der Waals surface area contributed by atoms with Crippen molar-refractivity contribution in [3.63, 3.8) is 0 Å². The maximum Gasteiger partial charge on any atom is 0.321 e. The van der Waals surface area contributed by atoms with E-state index in [0.29, 0.717) is 19.7 Å². The van der Waals surface area contributed by atoms with Crippen molar-refractivity contribution in [1.82, 2.24) is 15.5 Å². The van der Waals surface area contributed by atoms with Crippen molar-refractivity contribution >= 4 is 11.9 Å². The second-order valence-electron chi connectivity index (χ2n) is 6.32. The molecule has 0 saturated carbocycles. The molecule has 6 nitrogen and oxygen atoms in total. The molecular weight excluding hydrogens is 354 g/mol. The number of nitrogens with one attached hydrogen (secondary N) is 2. The summed E-state index contributed by atoms with van der Waals surface area (Å²) in [6, 6.07) is 16.0. The lowest BCUT2D eigenvalue weighted by molar-refractivity contribution is -0.125. The number of benzene rings is 2. The van der Waals surface area contributed by atoms with Crippen molar-refractivity contribution in [3.05, 3.63) is 78.4 Å². The molecule has 3 amide bonds. The Morgan fingerprint density at radius 3 is 2.43 bits per heavy atom. The van der Waals surface area contributed by atoms with E-state index in [0.717, 1.165) is 16.9 Å². The molecule has 0 spiro atoms. The number of nitrogens with zero attached hydrogens (tertiary/aromatic N) is 1. The molecular formula is C22H27N3O3. The van der Waals surface area contributed by atoms with E-state index < -0.39 is 12.1 Å². The maximum atomic E-state index is 12.8. The summed E-state index contributed by atoms with van der Waals surface area (Å²) >= 11 is 0. The predicted octanol–water partition coefficient (Wildman–Crippen LogP) is 3.27. The Morgan fingerprint density at radius 1 is 1.14 bits per heavy atom. The van der Waals surface area contributed by atoms with Crippen LogP contribution in [0.2, 0.25) is 0 Å². The molecule has 2 rings (SSSR count). The van der Waals surface area contributed by atoms with Gasteiger partial charge in [-0.05, 0) is 37.2 Å². The largest absolute Gasteiger partial charge is 0.490 e. The summed E-state index contributed by atoms with van der Waals surface area (Å²) in [5.74, 6) is 0.394. The third-order valence-electron chi connectivity index (χ3n) is 4.10. The summed E-state index contributed by atoms with van der Waals surface area (Å²) in [6.45, 7) is 6.87. The van der Waals surface area contributed by atoms with Crippen molar-refractivity contribution in [1.29, 1.82) is 0 Å². The van der Waals surface area contributed by atoms with E-state index in [1.54, 1.807) is 13.0 Å². The number of imide groups is 1. The Kier molecular flexibility index (Phi) is 8.24. The smallest absolute Gasteiger partial charge is 0.321 e. The van der Waals surface area contributed by atoms with Gasteiger partial charge in [0.05, 0.1) is 0 Å². The first kappa shape index (κ1) is 21.2. The van der Waals surface area contributed by atoms with E-state index in [1.165, 1.54) is 0 Å². The fraction of sp³-hybridized carbons (Fsp3) is 0.273. The minimum atomic E-state index is -0.597. The maximum absolute atomic E-state index is 12.8. The zero-order valence-electron chi connectivity index (χ0n) is 16.4. The van der Waals surface area contributed by atoms with Crippen LogP contribution in [0, 0.1) is 0 Å². The van der Waals surface area contributed by atoms with Gasteiger partial charge in [-0.15, -0.1) is 0 Å². The first-order valence-electron chi connectivity index (χ1n) is 9.21. The first-order chi connectivity index (χ1) is 13.5. The molecule has 6 heteroatoms. The Balaban J connectivity index is 2.14. The number of carbonyl (C=O) groups is 2. The number of rotatable bonds is 9. The number of amides is 3. The molecule has 0 bridgehead atoms. The van der Waals surface area contributed by atoms with Gasteiger partial charge in [0, 0.05) is 13.1 Å². The lowest BCUT2D eigenvalue weighted by Crippen LogP contribution is -2.45. The Morgan fingerprint density at radius 2 is 1.82 bits per heavy atom. The zero-order valence-corrected chi connectivity index (χ0v) is 16.4. The molecule has 2 aromatic rings. The van der Waals surface area contributed by atoms with Crippen LogP contribution in [0.5, 0.6) is 5.75 Å². The molecule has 0 fully saturated rings. The van der Waals surface area contributed by atoms with E-state index in [9.17, 15) is 9.59 Å². The molecule has 0 aliphatic carbocycles. The highest BCUT2D eigenvalue weighted by Crippen LogP contribution is 2.22. The van der Waals surface area contributed by atoms with Gasteiger partial charge in [-0.25, -0.2) is 4.79 Å². The summed E-state index contributed by atoms with van der Waals surface area (Å²) in [4.78, 5) is 26.5. The van der Waals surface area contributed by atoms with Gasteiger partial charge >= 0.3 is 6.03 Å². The number of hydrogen-bond donors (Lipinski definition) is 2. The normalized spacial score (nSPS) is 11.5. The standard InChI is InChI=1S/C22H27N3O3/c1-4-15-28-19-13-11-17(12-14-19)16-25(3)20(18-9-7-6-8-10-18)21(26)24-22(27)23-5-2/h4,6-14,20H,1,5,15-16H2,2-3H3,(H2,23,24,26,27)/t20-/m0/s1. The molecule has 148 valence electrons. The number of carbonyl (C=O) groups excluding carboxylic acids is 2. The summed E-state index contributed by atoms with van der Waals surface area (Å²) in [5, 5.41) is 5.00. The SMILES string of the molecule is C=CCOc1ccc(CN(C)[C@H](C(=O)NC(=O)NCC)c2ccccc2)cc1. The second kappa shape index (κ2) is 10.9. The number of hydrogen-bond acceptors (Lipinski definition) is 4. The number of likely N-dealkylation sites (N-methyl/N-ethyl adjacent to an activating group) is 1. The molecule has 0 saturated heterocycles. The fourth-order valence-electron chi connectivity index (χ4n) is 2.85. The van der Waals surface area contributed by atoms with Crippen LogP contribution >= 0.6 is 0 Å². The topological polar surface area (TPSA) is 70.7 Å². The van der Waals surface area contributed by atoms with Crippen LogP contribution in [0.25, 0.3) is 0 Å². The van der Waals surface area contributed by atoms with Gasteiger partial charge in [0.15, 0.2) is 0 Å². The third-order valence-corrected chi connectivity index (χ3v) is 4.10. The van der Waals surface area contributed by atoms with E-state index in [2.05, 4.69) is 17.2 Å². The molecule has 2 N–H and O–H groups in total. The van der Waals surface area contributed by atoms with Gasteiger partial charge in [-0.3, -0.25) is 15.0 Å². The van der Waals surface area contributed by atoms with Crippen molar-refractivity contribution in [2.75, 3.05) is 20.2 Å². The van der Waals surface area contributed by atoms with Crippen molar-refractivity contribution in [2.45, 2.75) is 19.5 Å². The molecule has 0 aromatic heterocycles. The lowest BCUT2D eigenvalue weighted by Gasteiger charge is -2.27. The Labute approximate surface area is 166 Å². The van der Waals surface area contributed by atoms with Crippen molar-refractivity contribution < 1.29 is 14.3 Å². The molecule has 0 aliphatic rings. The van der Waals surface area contributed by atoms with Gasteiger partial charge in [0.25, 0.3) is 0 Å². The van der Waals surface area contributed by atoms with E-state index in [4.69, 9.17) is 4.74 Å². The summed E-state index contributed by atoms with van der Waals surface area (Å²) in [6.07, 6.45) is 1.69. The highest BCUT2D eigenvalue weighted by Gasteiger charge is 2.26. The fourth-order valence-corrected chi connectivity index (χ4v) is 2.85. The van der Waals surface area contributed by atoms with Crippen molar-refractivity contribution in [2.24, 2.45) is 0 Å². The first-order valence-corrected chi connectivity index (χ1v) is 9.21. The Bertz CT molecular complexity index is 775. The molecule has 2 aromatic carbocycles. The van der Waals surface area contributed by atoms with Gasteiger partial charge < -0.3 is 10.1 Å². The molecule has 28 heavy (non-hydrogen) atoms. The van der Waals surface area contributed by atoms with Gasteiger partial charge in [-0.2, -0.15) is 0 Å². The third kappa shape index (κ3) is 6.25. The van der Waals surface area contributed by atoms with Gasteiger partial charge in [0.1, 0.15) is 18.4 Å². The van der Waals surface area contributed by atoms with E-state index in [-0.39, 0.29) is 5.91 Å². The molecule has 0 aliphatic heterocycles. The van der Waals surface area contributed by atoms with Crippen LogP contribution in [0.4, 0.5) is 4.79 Å². The van der Waals surface area contributed by atoms with Crippen LogP contribution in [0.3, 0.4) is 0 Å². The average molecular weight is 381 g/mol. The molecule has 1 atom stereocenters. The minimum absolute atomic E-state index is 0.370. The summed E-state index contributed by atoms with van der Waals surface area (Å²) in [5.41, 5.74) is 1.85. The van der Waals surface area contributed by atoms with E-state index >= 15 is 0 Å². The van der Waals surface area contributed by atoms with Crippen LogP contribution in [0.15, 0.2) is 67.3 Å². The molecule has 0 radical (unpaired) electrons. The Hall–Kier alpha value is -3.12. The summed E-state index contributed by atoms with van der Waals surface area (Å²) < 4.78 is 5.50.